The minimum Gasteiger partial charge on any atom is -0.366 e. The highest BCUT2D eigenvalue weighted by Gasteiger charge is 2.39. The minimum absolute atomic E-state index is 0.559. The molecule has 0 radical (unpaired) electrons. The van der Waals surface area contributed by atoms with Crippen LogP contribution in [0.4, 0.5) is 5.82 Å². The van der Waals surface area contributed by atoms with E-state index in [9.17, 15) is 0 Å². The van der Waals surface area contributed by atoms with E-state index in [1.807, 2.05) is 28.8 Å². The van der Waals surface area contributed by atoms with Crippen LogP contribution >= 0.6 is 0 Å². The Hall–Kier alpha value is -2.50. The Kier molecular flexibility index (Phi) is 3.21. The van der Waals surface area contributed by atoms with Crippen molar-refractivity contribution in [1.82, 2.24) is 24.8 Å². The lowest BCUT2D eigenvalue weighted by Crippen LogP contribution is -2.26. The summed E-state index contributed by atoms with van der Waals surface area (Å²) in [5.74, 6) is 3.43. The second kappa shape index (κ2) is 5.54. The fraction of sp³-hybridized carbons (Fsp3) is 0.444. The standard InChI is InChI=1S/C18H20N6/c1-2-14(12-4-5-12)15(3-1)20-16-6-7-17-21-22-18(24(17)23-16)13-8-10-19-11-9-13/h6-12,14-15H,1-5H2,(H,20,23). The molecule has 3 heterocycles. The summed E-state index contributed by atoms with van der Waals surface area (Å²) in [6.45, 7) is 0. The van der Waals surface area contributed by atoms with Gasteiger partial charge in [-0.2, -0.15) is 4.52 Å². The van der Waals surface area contributed by atoms with Gasteiger partial charge in [-0.3, -0.25) is 4.98 Å². The monoisotopic (exact) mass is 320 g/mol. The molecule has 24 heavy (non-hydrogen) atoms. The molecule has 2 fully saturated rings. The number of pyridine rings is 1. The highest BCUT2D eigenvalue weighted by molar-refractivity contribution is 5.58. The first-order valence-electron chi connectivity index (χ1n) is 8.78. The van der Waals surface area contributed by atoms with Crippen molar-refractivity contribution in [2.45, 2.75) is 38.1 Å². The Morgan fingerprint density at radius 3 is 2.67 bits per heavy atom. The van der Waals surface area contributed by atoms with E-state index in [4.69, 9.17) is 5.10 Å². The zero-order valence-electron chi connectivity index (χ0n) is 13.5. The molecule has 0 saturated heterocycles. The van der Waals surface area contributed by atoms with Crippen LogP contribution in [0, 0.1) is 11.8 Å². The summed E-state index contributed by atoms with van der Waals surface area (Å²) >= 11 is 0. The molecule has 2 aliphatic rings. The van der Waals surface area contributed by atoms with Gasteiger partial charge < -0.3 is 5.32 Å². The molecule has 5 rings (SSSR count). The molecule has 2 aliphatic carbocycles. The molecule has 1 N–H and O–H groups in total. The molecular formula is C18H20N6. The van der Waals surface area contributed by atoms with E-state index in [1.165, 1.54) is 32.1 Å². The highest BCUT2D eigenvalue weighted by atomic mass is 15.4. The van der Waals surface area contributed by atoms with Crippen molar-refractivity contribution in [3.05, 3.63) is 36.7 Å². The van der Waals surface area contributed by atoms with Gasteiger partial charge in [0.15, 0.2) is 11.5 Å². The maximum Gasteiger partial charge on any atom is 0.185 e. The van der Waals surface area contributed by atoms with E-state index >= 15 is 0 Å². The van der Waals surface area contributed by atoms with Gasteiger partial charge in [-0.25, -0.2) is 0 Å². The third kappa shape index (κ3) is 2.42. The van der Waals surface area contributed by atoms with E-state index in [0.29, 0.717) is 6.04 Å². The fourth-order valence-corrected chi connectivity index (χ4v) is 3.99. The van der Waals surface area contributed by atoms with Gasteiger partial charge in [-0.15, -0.1) is 15.3 Å². The van der Waals surface area contributed by atoms with Crippen molar-refractivity contribution in [3.63, 3.8) is 0 Å². The average Bonchev–Trinajstić information content (AvgIpc) is 3.22. The normalized spacial score (nSPS) is 23.7. The Morgan fingerprint density at radius 2 is 1.83 bits per heavy atom. The van der Waals surface area contributed by atoms with Gasteiger partial charge in [-0.1, -0.05) is 6.42 Å². The zero-order chi connectivity index (χ0) is 15.9. The maximum absolute atomic E-state index is 4.75. The first-order valence-corrected chi connectivity index (χ1v) is 8.78. The molecule has 0 amide bonds. The lowest BCUT2D eigenvalue weighted by atomic mass is 9.98. The summed E-state index contributed by atoms with van der Waals surface area (Å²) in [4.78, 5) is 4.06. The summed E-state index contributed by atoms with van der Waals surface area (Å²) in [5, 5.41) is 16.9. The van der Waals surface area contributed by atoms with Gasteiger partial charge >= 0.3 is 0 Å². The number of anilines is 1. The van der Waals surface area contributed by atoms with Crippen LogP contribution in [-0.2, 0) is 0 Å². The number of rotatable bonds is 4. The van der Waals surface area contributed by atoms with Crippen LogP contribution in [-0.4, -0.2) is 30.8 Å². The molecule has 0 bridgehead atoms. The van der Waals surface area contributed by atoms with Crippen LogP contribution in [0.3, 0.4) is 0 Å². The van der Waals surface area contributed by atoms with E-state index in [0.717, 1.165) is 34.7 Å². The maximum atomic E-state index is 4.75. The largest absolute Gasteiger partial charge is 0.366 e. The van der Waals surface area contributed by atoms with Gasteiger partial charge in [0.1, 0.15) is 5.82 Å². The first-order chi connectivity index (χ1) is 11.9. The van der Waals surface area contributed by atoms with Gasteiger partial charge in [0.2, 0.25) is 0 Å². The molecular weight excluding hydrogens is 300 g/mol. The molecule has 6 heteroatoms. The SMILES string of the molecule is c1cc(-c2nnc3ccc(NC4CCCC4C4CC4)nn23)ccn1. The Balaban J connectivity index is 1.47. The second-order valence-corrected chi connectivity index (χ2v) is 6.93. The van der Waals surface area contributed by atoms with Crippen LogP contribution in [0.2, 0.25) is 0 Å². The third-order valence-corrected chi connectivity index (χ3v) is 5.33. The van der Waals surface area contributed by atoms with Crippen LogP contribution in [0.15, 0.2) is 36.7 Å². The topological polar surface area (TPSA) is 68.0 Å². The summed E-state index contributed by atoms with van der Waals surface area (Å²) < 4.78 is 1.82. The van der Waals surface area contributed by atoms with Crippen molar-refractivity contribution in [2.24, 2.45) is 11.8 Å². The van der Waals surface area contributed by atoms with E-state index in [1.54, 1.807) is 12.4 Å². The van der Waals surface area contributed by atoms with Crippen molar-refractivity contribution in [1.29, 1.82) is 0 Å². The van der Waals surface area contributed by atoms with E-state index < -0.39 is 0 Å². The molecule has 6 nitrogen and oxygen atoms in total. The first kappa shape index (κ1) is 13.9. The van der Waals surface area contributed by atoms with Gasteiger partial charge in [0.05, 0.1) is 0 Å². The predicted octanol–water partition coefficient (Wildman–Crippen LogP) is 3.18. The quantitative estimate of drug-likeness (QED) is 0.799. The molecule has 0 spiro atoms. The van der Waals surface area contributed by atoms with Crippen LogP contribution < -0.4 is 5.32 Å². The van der Waals surface area contributed by atoms with Gasteiger partial charge in [-0.05, 0) is 61.8 Å². The molecule has 3 aromatic rings. The number of hydrogen-bond donors (Lipinski definition) is 1. The fourth-order valence-electron chi connectivity index (χ4n) is 3.99. The van der Waals surface area contributed by atoms with Gasteiger partial charge in [0.25, 0.3) is 0 Å². The van der Waals surface area contributed by atoms with Crippen molar-refractivity contribution in [2.75, 3.05) is 5.32 Å². The molecule has 2 saturated carbocycles. The van der Waals surface area contributed by atoms with Crippen LogP contribution in [0.5, 0.6) is 0 Å². The summed E-state index contributed by atoms with van der Waals surface area (Å²) in [6.07, 6.45) is 10.3. The highest BCUT2D eigenvalue weighted by Crippen LogP contribution is 2.45. The summed E-state index contributed by atoms with van der Waals surface area (Å²) in [7, 11) is 0. The average molecular weight is 320 g/mol. The Labute approximate surface area is 140 Å². The lowest BCUT2D eigenvalue weighted by molar-refractivity contribution is 0.443. The van der Waals surface area contributed by atoms with Crippen molar-refractivity contribution in [3.8, 4) is 11.4 Å². The third-order valence-electron chi connectivity index (χ3n) is 5.33. The van der Waals surface area contributed by atoms with Gasteiger partial charge in [0, 0.05) is 24.0 Å². The summed E-state index contributed by atoms with van der Waals surface area (Å²) in [6, 6.07) is 8.41. The molecule has 122 valence electrons. The Morgan fingerprint density at radius 1 is 0.958 bits per heavy atom. The number of hydrogen-bond acceptors (Lipinski definition) is 5. The number of aromatic nitrogens is 5. The number of nitrogens with one attached hydrogen (secondary N) is 1. The van der Waals surface area contributed by atoms with E-state index in [-0.39, 0.29) is 0 Å². The minimum atomic E-state index is 0.559. The predicted molar refractivity (Wildman–Crippen MR) is 91.5 cm³/mol. The number of fused-ring (bicyclic) bond motifs is 1. The zero-order valence-corrected chi connectivity index (χ0v) is 13.5. The molecule has 0 aliphatic heterocycles. The Bertz CT molecular complexity index is 854. The van der Waals surface area contributed by atoms with E-state index in [2.05, 4.69) is 20.5 Å². The molecule has 2 unspecified atom stereocenters. The summed E-state index contributed by atoms with van der Waals surface area (Å²) in [5.41, 5.74) is 1.73. The molecule has 0 aromatic carbocycles. The number of nitrogens with zero attached hydrogens (tertiary/aromatic N) is 5. The lowest BCUT2D eigenvalue weighted by Gasteiger charge is -2.21. The van der Waals surface area contributed by atoms with Crippen LogP contribution in [0.1, 0.15) is 32.1 Å². The van der Waals surface area contributed by atoms with Crippen molar-refractivity contribution >= 4 is 11.5 Å². The molecule has 2 atom stereocenters. The van der Waals surface area contributed by atoms with Crippen LogP contribution in [0.25, 0.3) is 17.0 Å². The second-order valence-electron chi connectivity index (χ2n) is 6.93. The molecule has 3 aromatic heterocycles. The van der Waals surface area contributed by atoms with Crippen molar-refractivity contribution < 1.29 is 0 Å². The smallest absolute Gasteiger partial charge is 0.185 e.